The first-order valence-electron chi connectivity index (χ1n) is 9.28. The topological polar surface area (TPSA) is 54.0 Å². The number of hydrogen-bond acceptors (Lipinski definition) is 3. The van der Waals surface area contributed by atoms with Gasteiger partial charge in [0.15, 0.2) is 0 Å². The zero-order valence-electron chi connectivity index (χ0n) is 14.8. The van der Waals surface area contributed by atoms with Gasteiger partial charge in [-0.05, 0) is 55.4 Å². The zero-order chi connectivity index (χ0) is 17.2. The number of rotatable bonds is 3. The van der Waals surface area contributed by atoms with Gasteiger partial charge in [0.05, 0.1) is 0 Å². The Bertz CT molecular complexity index is 800. The van der Waals surface area contributed by atoms with Gasteiger partial charge in [-0.2, -0.15) is 0 Å². The quantitative estimate of drug-likeness (QED) is 0.907. The number of amides is 1. The summed E-state index contributed by atoms with van der Waals surface area (Å²) >= 11 is 0. The third kappa shape index (κ3) is 3.31. The Morgan fingerprint density at radius 3 is 3.04 bits per heavy atom. The van der Waals surface area contributed by atoms with Crippen LogP contribution in [0.5, 0.6) is 0 Å². The highest BCUT2D eigenvalue weighted by atomic mass is 16.1. The third-order valence-corrected chi connectivity index (χ3v) is 5.38. The molecule has 1 unspecified atom stereocenters. The number of aryl methyl sites for hydroxylation is 2. The van der Waals surface area contributed by atoms with E-state index in [1.54, 1.807) is 0 Å². The van der Waals surface area contributed by atoms with Gasteiger partial charge in [-0.1, -0.05) is 24.3 Å². The molecule has 0 saturated carbocycles. The summed E-state index contributed by atoms with van der Waals surface area (Å²) in [4.78, 5) is 17.5. The van der Waals surface area contributed by atoms with E-state index < -0.39 is 0 Å². The number of carbonyl (C=O) groups excluding carboxylic acids is 1. The fourth-order valence-electron chi connectivity index (χ4n) is 4.12. The van der Waals surface area contributed by atoms with Crippen molar-refractivity contribution >= 4 is 5.91 Å². The first-order chi connectivity index (χ1) is 12.2. The van der Waals surface area contributed by atoms with Crippen LogP contribution in [0.2, 0.25) is 0 Å². The minimum atomic E-state index is 0.0479. The van der Waals surface area contributed by atoms with Crippen molar-refractivity contribution < 1.29 is 4.79 Å². The monoisotopic (exact) mass is 335 g/mol. The summed E-state index contributed by atoms with van der Waals surface area (Å²) in [7, 11) is 0. The van der Waals surface area contributed by atoms with Gasteiger partial charge in [0.25, 0.3) is 5.91 Å². The van der Waals surface area contributed by atoms with E-state index in [2.05, 4.69) is 39.9 Å². The number of nitrogens with zero attached hydrogens (tertiary/aromatic N) is 1. The van der Waals surface area contributed by atoms with Gasteiger partial charge in [-0.15, -0.1) is 0 Å². The molecule has 2 aliphatic rings. The van der Waals surface area contributed by atoms with Crippen molar-refractivity contribution in [1.82, 2.24) is 15.6 Å². The van der Waals surface area contributed by atoms with Gasteiger partial charge in [0.1, 0.15) is 0 Å². The smallest absolute Gasteiger partial charge is 0.251 e. The standard InChI is InChI=1S/C21H25N3O/c1-14-10-19(18-8-4-5-9-20(18)24-14)21(25)23-13-16-12-22-11-15-6-2-3-7-17(15)16/h2-3,6-7,10,16,22H,4-5,8-9,11-13H2,1H3,(H,23,25). The van der Waals surface area contributed by atoms with E-state index in [4.69, 9.17) is 0 Å². The maximum absolute atomic E-state index is 12.9. The summed E-state index contributed by atoms with van der Waals surface area (Å²) in [6.45, 7) is 4.47. The fourth-order valence-corrected chi connectivity index (χ4v) is 4.12. The first-order valence-corrected chi connectivity index (χ1v) is 9.28. The summed E-state index contributed by atoms with van der Waals surface area (Å²) < 4.78 is 0. The fraction of sp³-hybridized carbons (Fsp3) is 0.429. The highest BCUT2D eigenvalue weighted by molar-refractivity contribution is 5.96. The predicted molar refractivity (Wildman–Crippen MR) is 98.8 cm³/mol. The van der Waals surface area contributed by atoms with Crippen LogP contribution in [0.3, 0.4) is 0 Å². The van der Waals surface area contributed by atoms with Crippen LogP contribution in [0.1, 0.15) is 57.2 Å². The van der Waals surface area contributed by atoms with Gasteiger partial charge in [-0.3, -0.25) is 9.78 Å². The molecule has 0 saturated heterocycles. The van der Waals surface area contributed by atoms with E-state index in [0.717, 1.165) is 54.9 Å². The van der Waals surface area contributed by atoms with Gasteiger partial charge in [0, 0.05) is 42.5 Å². The second-order valence-corrected chi connectivity index (χ2v) is 7.18. The molecule has 1 atom stereocenters. The lowest BCUT2D eigenvalue weighted by atomic mass is 9.90. The average Bonchev–Trinajstić information content (AvgIpc) is 2.65. The molecule has 0 radical (unpaired) electrons. The Morgan fingerprint density at radius 2 is 2.12 bits per heavy atom. The molecule has 1 amide bonds. The number of carbonyl (C=O) groups is 1. The van der Waals surface area contributed by atoms with E-state index >= 15 is 0 Å². The Balaban J connectivity index is 1.51. The van der Waals surface area contributed by atoms with Crippen LogP contribution >= 0.6 is 0 Å². The lowest BCUT2D eigenvalue weighted by Crippen LogP contribution is -2.37. The molecule has 2 aromatic rings. The van der Waals surface area contributed by atoms with E-state index in [0.29, 0.717) is 12.5 Å². The lowest BCUT2D eigenvalue weighted by molar-refractivity contribution is 0.0949. The number of nitrogens with one attached hydrogen (secondary N) is 2. The van der Waals surface area contributed by atoms with Gasteiger partial charge >= 0.3 is 0 Å². The molecule has 4 nitrogen and oxygen atoms in total. The summed E-state index contributed by atoms with van der Waals surface area (Å²) in [6, 6.07) is 10.5. The average molecular weight is 335 g/mol. The first kappa shape index (κ1) is 16.3. The maximum atomic E-state index is 12.9. The molecular weight excluding hydrogens is 310 g/mol. The molecule has 0 bridgehead atoms. The number of fused-ring (bicyclic) bond motifs is 2. The Kier molecular flexibility index (Phi) is 4.53. The summed E-state index contributed by atoms with van der Waals surface area (Å²) in [5.74, 6) is 0.374. The molecule has 2 heterocycles. The van der Waals surface area contributed by atoms with E-state index in [9.17, 15) is 4.79 Å². The molecule has 1 aromatic heterocycles. The normalized spacial score (nSPS) is 19.0. The summed E-state index contributed by atoms with van der Waals surface area (Å²) in [6.07, 6.45) is 4.30. The molecule has 1 aliphatic heterocycles. The Labute approximate surface area is 149 Å². The van der Waals surface area contributed by atoms with E-state index in [1.165, 1.54) is 17.5 Å². The number of aromatic nitrogens is 1. The second kappa shape index (κ2) is 6.96. The molecule has 25 heavy (non-hydrogen) atoms. The van der Waals surface area contributed by atoms with Crippen molar-refractivity contribution in [2.45, 2.75) is 45.1 Å². The highest BCUT2D eigenvalue weighted by Crippen LogP contribution is 2.25. The van der Waals surface area contributed by atoms with Crippen LogP contribution in [0.25, 0.3) is 0 Å². The van der Waals surface area contributed by atoms with E-state index in [1.807, 2.05) is 13.0 Å². The minimum Gasteiger partial charge on any atom is -0.351 e. The predicted octanol–water partition coefficient (Wildman–Crippen LogP) is 2.89. The lowest BCUT2D eigenvalue weighted by Gasteiger charge is -2.27. The summed E-state index contributed by atoms with van der Waals surface area (Å²) in [5, 5.41) is 6.63. The molecule has 1 aliphatic carbocycles. The highest BCUT2D eigenvalue weighted by Gasteiger charge is 2.23. The molecule has 4 heteroatoms. The zero-order valence-corrected chi connectivity index (χ0v) is 14.8. The van der Waals surface area contributed by atoms with Crippen LogP contribution in [0.15, 0.2) is 30.3 Å². The molecule has 2 N–H and O–H groups in total. The van der Waals surface area contributed by atoms with Gasteiger partial charge in [0.2, 0.25) is 0 Å². The number of hydrogen-bond donors (Lipinski definition) is 2. The molecule has 130 valence electrons. The molecule has 4 rings (SSSR count). The van der Waals surface area contributed by atoms with E-state index in [-0.39, 0.29) is 5.91 Å². The van der Waals surface area contributed by atoms with Crippen molar-refractivity contribution in [3.8, 4) is 0 Å². The largest absolute Gasteiger partial charge is 0.351 e. The molecule has 0 spiro atoms. The summed E-state index contributed by atoms with van der Waals surface area (Å²) in [5.41, 5.74) is 6.76. The minimum absolute atomic E-state index is 0.0479. The van der Waals surface area contributed by atoms with Crippen LogP contribution in [-0.4, -0.2) is 24.0 Å². The van der Waals surface area contributed by atoms with Crippen molar-refractivity contribution in [2.75, 3.05) is 13.1 Å². The maximum Gasteiger partial charge on any atom is 0.251 e. The van der Waals surface area contributed by atoms with Crippen molar-refractivity contribution in [2.24, 2.45) is 0 Å². The molecule has 1 aromatic carbocycles. The number of pyridine rings is 1. The van der Waals surface area contributed by atoms with Crippen LogP contribution < -0.4 is 10.6 Å². The SMILES string of the molecule is Cc1cc(C(=O)NCC2CNCc3ccccc32)c2c(n1)CCCC2. The van der Waals surface area contributed by atoms with Crippen LogP contribution in [-0.2, 0) is 19.4 Å². The van der Waals surface area contributed by atoms with Crippen LogP contribution in [0, 0.1) is 6.92 Å². The van der Waals surface area contributed by atoms with Gasteiger partial charge in [-0.25, -0.2) is 0 Å². The second-order valence-electron chi connectivity index (χ2n) is 7.18. The molecule has 0 fully saturated rings. The van der Waals surface area contributed by atoms with Crippen molar-refractivity contribution in [3.63, 3.8) is 0 Å². The van der Waals surface area contributed by atoms with Crippen molar-refractivity contribution in [3.05, 3.63) is 64.0 Å². The van der Waals surface area contributed by atoms with Gasteiger partial charge < -0.3 is 10.6 Å². The van der Waals surface area contributed by atoms with Crippen LogP contribution in [0.4, 0.5) is 0 Å². The van der Waals surface area contributed by atoms with Crippen molar-refractivity contribution in [1.29, 1.82) is 0 Å². The Morgan fingerprint density at radius 1 is 1.28 bits per heavy atom. The Hall–Kier alpha value is -2.20. The molecular formula is C21H25N3O. The number of benzene rings is 1. The third-order valence-electron chi connectivity index (χ3n) is 5.38.